The van der Waals surface area contributed by atoms with Gasteiger partial charge in [0.25, 0.3) is 5.91 Å². The monoisotopic (exact) mass is 630 g/mol. The number of amides is 4. The topological polar surface area (TPSA) is 118 Å². The molecule has 44 heavy (non-hydrogen) atoms. The van der Waals surface area contributed by atoms with Crippen LogP contribution in [0.1, 0.15) is 43.5 Å². The molecule has 2 N–H and O–H groups in total. The van der Waals surface area contributed by atoms with Crippen LogP contribution in [-0.2, 0) is 15.7 Å². The highest BCUT2D eigenvalue weighted by molar-refractivity contribution is 7.96. The van der Waals surface area contributed by atoms with E-state index < -0.39 is 41.4 Å². The first-order valence-corrected chi connectivity index (χ1v) is 15.0. The van der Waals surface area contributed by atoms with Crippen molar-refractivity contribution in [2.45, 2.75) is 38.6 Å². The van der Waals surface area contributed by atoms with Gasteiger partial charge in [-0.05, 0) is 62.9 Å². The molecule has 14 heteroatoms. The average Bonchev–Trinajstić information content (AvgIpc) is 3.28. The smallest absolute Gasteiger partial charge is 0.416 e. The Hall–Kier alpha value is -4.22. The molecule has 0 bridgehead atoms. The van der Waals surface area contributed by atoms with Gasteiger partial charge in [-0.15, -0.1) is 0 Å². The minimum Gasteiger partial charge on any atom is -0.444 e. The summed E-state index contributed by atoms with van der Waals surface area (Å²) in [6.45, 7) is 6.14. The number of rotatable bonds is 9. The zero-order valence-corrected chi connectivity index (χ0v) is 25.5. The first-order chi connectivity index (χ1) is 20.7. The van der Waals surface area contributed by atoms with Gasteiger partial charge >= 0.3 is 18.3 Å². The quantitative estimate of drug-likeness (QED) is 0.294. The Kier molecular flexibility index (Phi) is 9.80. The Morgan fingerprint density at radius 1 is 1.16 bits per heavy atom. The van der Waals surface area contributed by atoms with Gasteiger partial charge in [0.1, 0.15) is 5.60 Å². The lowest BCUT2D eigenvalue weighted by atomic mass is 9.94. The van der Waals surface area contributed by atoms with Crippen molar-refractivity contribution in [1.82, 2.24) is 19.8 Å². The van der Waals surface area contributed by atoms with E-state index in [0.29, 0.717) is 24.2 Å². The van der Waals surface area contributed by atoms with E-state index in [2.05, 4.69) is 10.0 Å². The fourth-order valence-corrected chi connectivity index (χ4v) is 5.21. The van der Waals surface area contributed by atoms with Crippen LogP contribution in [0.4, 0.5) is 28.4 Å². The summed E-state index contributed by atoms with van der Waals surface area (Å²) in [6, 6.07) is 11.1. The van der Waals surface area contributed by atoms with Crippen LogP contribution >= 0.6 is 11.9 Å². The van der Waals surface area contributed by atoms with Crippen LogP contribution in [0.3, 0.4) is 0 Å². The third-order valence-electron chi connectivity index (χ3n) is 6.92. The van der Waals surface area contributed by atoms with Crippen LogP contribution in [0.2, 0.25) is 0 Å². The Morgan fingerprint density at radius 2 is 1.86 bits per heavy atom. The maximum atomic E-state index is 13.9. The van der Waals surface area contributed by atoms with Gasteiger partial charge in [0.05, 0.1) is 46.7 Å². The molecule has 2 aromatic carbocycles. The molecule has 2 aliphatic heterocycles. The summed E-state index contributed by atoms with van der Waals surface area (Å²) in [7, 11) is 0. The van der Waals surface area contributed by atoms with E-state index in [4.69, 9.17) is 4.74 Å². The Bertz CT molecular complexity index is 1480. The normalized spacial score (nSPS) is 16.9. The van der Waals surface area contributed by atoms with Gasteiger partial charge in [0.2, 0.25) is 0 Å². The molecule has 0 spiro atoms. The lowest BCUT2D eigenvalue weighted by Crippen LogP contribution is -2.47. The average molecular weight is 631 g/mol. The van der Waals surface area contributed by atoms with Gasteiger partial charge in [0.15, 0.2) is 0 Å². The van der Waals surface area contributed by atoms with E-state index in [9.17, 15) is 32.8 Å². The summed E-state index contributed by atoms with van der Waals surface area (Å²) in [5.74, 6) is -0.433. The lowest BCUT2D eigenvalue weighted by Gasteiger charge is -2.34. The standard InChI is InChI=1S/C30H33F3N6O4S/c1-29(2,3)43-28(42)37(13-12-35-44-4)14-15-38-18-23-24(26(38)40)25(20-10-8-19(17-34)9-11-20)36-27(41)39(23)22-7-5-6-21(16-22)30(31,32)33/h5-11,16,25,35H,12-15,18H2,1-4H3,(H,36,41)/t25-/m1/s1. The Labute approximate surface area is 257 Å². The van der Waals surface area contributed by atoms with Crippen LogP contribution in [0.5, 0.6) is 0 Å². The predicted octanol–water partition coefficient (Wildman–Crippen LogP) is 5.05. The molecular weight excluding hydrogens is 597 g/mol. The van der Waals surface area contributed by atoms with Crippen LogP contribution in [0.25, 0.3) is 0 Å². The predicted molar refractivity (Wildman–Crippen MR) is 159 cm³/mol. The zero-order chi connectivity index (χ0) is 32.2. The molecule has 2 heterocycles. The van der Waals surface area contributed by atoms with E-state index in [-0.39, 0.29) is 36.6 Å². The van der Waals surface area contributed by atoms with Gasteiger partial charge in [-0.1, -0.05) is 30.1 Å². The number of carbonyl (C=O) groups excluding carboxylic acids is 3. The zero-order valence-electron chi connectivity index (χ0n) is 24.7. The fourth-order valence-electron chi connectivity index (χ4n) is 4.92. The number of carbonyl (C=O) groups is 3. The number of nitrogens with zero attached hydrogens (tertiary/aromatic N) is 4. The van der Waals surface area contributed by atoms with Crippen molar-refractivity contribution < 1.29 is 32.3 Å². The van der Waals surface area contributed by atoms with Crippen LogP contribution < -0.4 is 14.9 Å². The maximum absolute atomic E-state index is 13.9. The minimum atomic E-state index is -4.64. The first kappa shape index (κ1) is 32.7. The molecule has 0 fully saturated rings. The largest absolute Gasteiger partial charge is 0.444 e. The van der Waals surface area contributed by atoms with Crippen molar-refractivity contribution in [2.24, 2.45) is 0 Å². The summed E-state index contributed by atoms with van der Waals surface area (Å²) in [6.07, 6.45) is -3.34. The van der Waals surface area contributed by atoms with Crippen molar-refractivity contribution in [1.29, 1.82) is 5.26 Å². The first-order valence-electron chi connectivity index (χ1n) is 13.8. The number of alkyl halides is 3. The summed E-state index contributed by atoms with van der Waals surface area (Å²) in [4.78, 5) is 44.4. The molecule has 0 saturated heterocycles. The summed E-state index contributed by atoms with van der Waals surface area (Å²) < 4.78 is 49.3. The highest BCUT2D eigenvalue weighted by Gasteiger charge is 2.45. The number of nitriles is 1. The summed E-state index contributed by atoms with van der Waals surface area (Å²) >= 11 is 1.39. The molecule has 1 atom stereocenters. The highest BCUT2D eigenvalue weighted by atomic mass is 32.2. The molecule has 2 aromatic rings. The Balaban J connectivity index is 1.67. The molecule has 2 aliphatic rings. The third-order valence-corrected chi connectivity index (χ3v) is 7.42. The summed E-state index contributed by atoms with van der Waals surface area (Å²) in [5, 5.41) is 12.0. The second-order valence-electron chi connectivity index (χ2n) is 11.2. The third kappa shape index (κ3) is 7.46. The number of hydrogen-bond acceptors (Lipinski definition) is 7. The Morgan fingerprint density at radius 3 is 2.48 bits per heavy atom. The number of anilines is 1. The van der Waals surface area contributed by atoms with E-state index in [1.807, 2.05) is 12.3 Å². The minimum absolute atomic E-state index is 0.0451. The van der Waals surface area contributed by atoms with Crippen LogP contribution in [0, 0.1) is 11.3 Å². The van der Waals surface area contributed by atoms with Crippen molar-refractivity contribution >= 4 is 35.7 Å². The van der Waals surface area contributed by atoms with Crippen molar-refractivity contribution in [2.75, 3.05) is 43.9 Å². The highest BCUT2D eigenvalue weighted by Crippen LogP contribution is 2.40. The molecule has 0 aromatic heterocycles. The van der Waals surface area contributed by atoms with Crippen molar-refractivity contribution in [3.05, 3.63) is 76.5 Å². The van der Waals surface area contributed by atoms with E-state index in [1.54, 1.807) is 45.0 Å². The molecule has 0 unspecified atom stereocenters. The summed E-state index contributed by atoms with van der Waals surface area (Å²) in [5.41, 5.74) is -0.378. The maximum Gasteiger partial charge on any atom is 0.416 e. The molecular formula is C30H33F3N6O4S. The molecule has 4 rings (SSSR count). The van der Waals surface area contributed by atoms with Gasteiger partial charge in [0, 0.05) is 26.2 Å². The van der Waals surface area contributed by atoms with E-state index >= 15 is 0 Å². The van der Waals surface area contributed by atoms with Gasteiger partial charge in [-0.25, -0.2) is 9.59 Å². The molecule has 4 amide bonds. The van der Waals surface area contributed by atoms with Gasteiger partial charge in [-0.2, -0.15) is 18.4 Å². The van der Waals surface area contributed by atoms with Crippen LogP contribution in [-0.4, -0.2) is 72.4 Å². The lowest BCUT2D eigenvalue weighted by molar-refractivity contribution is -0.137. The number of urea groups is 1. The molecule has 234 valence electrons. The second kappa shape index (κ2) is 13.2. The number of benzene rings is 2. The number of nitrogens with one attached hydrogen (secondary N) is 2. The SMILES string of the molecule is CSNCCN(CCN1CC2=C(C1=O)[C@@H](c1ccc(C#N)cc1)NC(=O)N2c1cccc(C(F)(F)F)c1)C(=O)OC(C)(C)C. The second-order valence-corrected chi connectivity index (χ2v) is 11.8. The number of hydrogen-bond donors (Lipinski definition) is 2. The molecule has 0 aliphatic carbocycles. The van der Waals surface area contributed by atoms with Crippen LogP contribution in [0.15, 0.2) is 59.8 Å². The number of ether oxygens (including phenoxy) is 1. The molecule has 10 nitrogen and oxygen atoms in total. The fraction of sp³-hybridized carbons (Fsp3) is 0.400. The number of halogens is 3. The molecule has 0 radical (unpaired) electrons. The molecule has 0 saturated carbocycles. The van der Waals surface area contributed by atoms with Gasteiger partial charge in [-0.3, -0.25) is 14.4 Å². The van der Waals surface area contributed by atoms with Crippen molar-refractivity contribution in [3.8, 4) is 6.07 Å². The van der Waals surface area contributed by atoms with Gasteiger partial charge < -0.3 is 19.9 Å². The van der Waals surface area contributed by atoms with E-state index in [0.717, 1.165) is 17.0 Å². The van der Waals surface area contributed by atoms with Crippen molar-refractivity contribution in [3.63, 3.8) is 0 Å². The van der Waals surface area contributed by atoms with E-state index in [1.165, 1.54) is 33.9 Å².